The second kappa shape index (κ2) is 6.22. The van der Waals surface area contributed by atoms with Gasteiger partial charge in [0.2, 0.25) is 0 Å². The van der Waals surface area contributed by atoms with Crippen molar-refractivity contribution in [2.24, 2.45) is 17.3 Å². The molecule has 0 heterocycles. The fourth-order valence-electron chi connectivity index (χ4n) is 3.22. The fourth-order valence-corrected chi connectivity index (χ4v) is 3.22. The van der Waals surface area contributed by atoms with Gasteiger partial charge < -0.3 is 9.47 Å². The summed E-state index contributed by atoms with van der Waals surface area (Å²) in [5, 5.41) is 8.65. The molecule has 3 nitrogen and oxygen atoms in total. The van der Waals surface area contributed by atoms with Crippen molar-refractivity contribution >= 4 is 0 Å². The van der Waals surface area contributed by atoms with E-state index in [0.717, 1.165) is 32.5 Å². The first-order valence-corrected chi connectivity index (χ1v) is 6.02. The Morgan fingerprint density at radius 3 is 2.38 bits per heavy atom. The summed E-state index contributed by atoms with van der Waals surface area (Å²) in [6, 6.07) is 2.24. The second-order valence-electron chi connectivity index (χ2n) is 5.21. The zero-order valence-electron chi connectivity index (χ0n) is 10.7. The van der Waals surface area contributed by atoms with Gasteiger partial charge in [0.25, 0.3) is 0 Å². The van der Waals surface area contributed by atoms with Gasteiger partial charge in [0.15, 0.2) is 0 Å². The Balaban J connectivity index is 2.59. The van der Waals surface area contributed by atoms with Crippen LogP contribution in [0.25, 0.3) is 0 Å². The molecule has 0 amide bonds. The van der Waals surface area contributed by atoms with Crippen LogP contribution in [0.1, 0.15) is 32.6 Å². The van der Waals surface area contributed by atoms with E-state index in [-0.39, 0.29) is 5.41 Å². The standard InChI is InChI=1S/C13H23NO2/c1-11-7-13(9-15-2,10-16-3)8-12(11)5-4-6-14/h11-12H,4-5,7-10H2,1-3H3/t11-,12-/m0/s1. The number of nitriles is 1. The van der Waals surface area contributed by atoms with E-state index in [9.17, 15) is 0 Å². The Kier molecular flexibility index (Phi) is 5.24. The van der Waals surface area contributed by atoms with Crippen LogP contribution in [0.5, 0.6) is 0 Å². The van der Waals surface area contributed by atoms with Gasteiger partial charge in [0.05, 0.1) is 19.3 Å². The number of hydrogen-bond donors (Lipinski definition) is 0. The van der Waals surface area contributed by atoms with Gasteiger partial charge in [0.1, 0.15) is 0 Å². The zero-order chi connectivity index (χ0) is 12.0. The highest BCUT2D eigenvalue weighted by atomic mass is 16.5. The van der Waals surface area contributed by atoms with Crippen molar-refractivity contribution in [1.29, 1.82) is 5.26 Å². The van der Waals surface area contributed by atoms with Gasteiger partial charge in [0, 0.05) is 26.1 Å². The Hall–Kier alpha value is -0.590. The van der Waals surface area contributed by atoms with E-state index in [1.165, 1.54) is 0 Å². The van der Waals surface area contributed by atoms with Gasteiger partial charge in [-0.15, -0.1) is 0 Å². The molecule has 0 aliphatic heterocycles. The van der Waals surface area contributed by atoms with Crippen LogP contribution in [0.2, 0.25) is 0 Å². The molecule has 1 fully saturated rings. The average Bonchev–Trinajstić information content (AvgIpc) is 2.53. The van der Waals surface area contributed by atoms with E-state index in [2.05, 4.69) is 13.0 Å². The molecule has 0 aromatic heterocycles. The van der Waals surface area contributed by atoms with Crippen molar-refractivity contribution in [1.82, 2.24) is 0 Å². The van der Waals surface area contributed by atoms with Crippen molar-refractivity contribution in [2.45, 2.75) is 32.6 Å². The predicted molar refractivity (Wildman–Crippen MR) is 62.9 cm³/mol. The molecule has 0 aromatic carbocycles. The fraction of sp³-hybridized carbons (Fsp3) is 0.923. The minimum Gasteiger partial charge on any atom is -0.384 e. The summed E-state index contributed by atoms with van der Waals surface area (Å²) < 4.78 is 10.7. The SMILES string of the molecule is COCC1(COC)C[C@H](CCC#N)[C@@H](C)C1. The lowest BCUT2D eigenvalue weighted by Crippen LogP contribution is -2.29. The molecular weight excluding hydrogens is 202 g/mol. The maximum absolute atomic E-state index is 8.65. The third-order valence-corrected chi connectivity index (χ3v) is 3.78. The third kappa shape index (κ3) is 3.20. The summed E-state index contributed by atoms with van der Waals surface area (Å²) >= 11 is 0. The molecule has 1 saturated carbocycles. The first kappa shape index (κ1) is 13.5. The number of nitrogens with zero attached hydrogens (tertiary/aromatic N) is 1. The largest absolute Gasteiger partial charge is 0.384 e. The van der Waals surface area contributed by atoms with Crippen molar-refractivity contribution < 1.29 is 9.47 Å². The first-order valence-electron chi connectivity index (χ1n) is 6.02. The molecule has 0 spiro atoms. The lowest BCUT2D eigenvalue weighted by Gasteiger charge is -2.27. The van der Waals surface area contributed by atoms with E-state index in [1.54, 1.807) is 14.2 Å². The van der Waals surface area contributed by atoms with Crippen LogP contribution >= 0.6 is 0 Å². The lowest BCUT2D eigenvalue weighted by molar-refractivity contribution is 0.0106. The summed E-state index contributed by atoms with van der Waals surface area (Å²) in [7, 11) is 3.51. The number of rotatable bonds is 6. The maximum atomic E-state index is 8.65. The molecule has 1 rings (SSSR count). The minimum atomic E-state index is 0.184. The summed E-state index contributed by atoms with van der Waals surface area (Å²) in [4.78, 5) is 0. The van der Waals surface area contributed by atoms with Crippen molar-refractivity contribution in [3.63, 3.8) is 0 Å². The van der Waals surface area contributed by atoms with Gasteiger partial charge in [-0.25, -0.2) is 0 Å². The molecule has 92 valence electrons. The highest BCUT2D eigenvalue weighted by Gasteiger charge is 2.43. The molecular formula is C13H23NO2. The Morgan fingerprint density at radius 1 is 1.25 bits per heavy atom. The molecule has 0 radical (unpaired) electrons. The van der Waals surface area contributed by atoms with Crippen LogP contribution in [0, 0.1) is 28.6 Å². The highest BCUT2D eigenvalue weighted by molar-refractivity contribution is 4.93. The van der Waals surface area contributed by atoms with E-state index in [1.807, 2.05) is 0 Å². The first-order chi connectivity index (χ1) is 7.67. The Labute approximate surface area is 98.7 Å². The Bertz CT molecular complexity index is 241. The molecule has 0 unspecified atom stereocenters. The predicted octanol–water partition coefficient (Wildman–Crippen LogP) is 2.62. The smallest absolute Gasteiger partial charge is 0.0621 e. The van der Waals surface area contributed by atoms with Crippen LogP contribution in [-0.2, 0) is 9.47 Å². The molecule has 2 atom stereocenters. The zero-order valence-corrected chi connectivity index (χ0v) is 10.7. The van der Waals surface area contributed by atoms with Gasteiger partial charge >= 0.3 is 0 Å². The Morgan fingerprint density at radius 2 is 1.88 bits per heavy atom. The highest BCUT2D eigenvalue weighted by Crippen LogP contribution is 2.47. The minimum absolute atomic E-state index is 0.184. The third-order valence-electron chi connectivity index (χ3n) is 3.78. The number of methoxy groups -OCH3 is 2. The van der Waals surface area contributed by atoms with Crippen molar-refractivity contribution in [3.8, 4) is 6.07 Å². The summed E-state index contributed by atoms with van der Waals surface area (Å²) in [6.07, 6.45) is 3.99. The quantitative estimate of drug-likeness (QED) is 0.698. The molecule has 0 saturated heterocycles. The summed E-state index contributed by atoms with van der Waals surface area (Å²) in [5.41, 5.74) is 0.184. The molecule has 16 heavy (non-hydrogen) atoms. The van der Waals surface area contributed by atoms with Gasteiger partial charge in [-0.05, 0) is 31.1 Å². The number of hydrogen-bond acceptors (Lipinski definition) is 3. The molecule has 0 bridgehead atoms. The van der Waals surface area contributed by atoms with Gasteiger partial charge in [-0.1, -0.05) is 6.92 Å². The van der Waals surface area contributed by atoms with Crippen LogP contribution in [0.4, 0.5) is 0 Å². The summed E-state index contributed by atoms with van der Waals surface area (Å²) in [6.45, 7) is 3.83. The second-order valence-corrected chi connectivity index (χ2v) is 5.21. The van der Waals surface area contributed by atoms with Gasteiger partial charge in [-0.2, -0.15) is 5.26 Å². The van der Waals surface area contributed by atoms with E-state index in [0.29, 0.717) is 18.3 Å². The molecule has 0 N–H and O–H groups in total. The van der Waals surface area contributed by atoms with Crippen LogP contribution < -0.4 is 0 Å². The van der Waals surface area contributed by atoms with E-state index >= 15 is 0 Å². The van der Waals surface area contributed by atoms with Crippen LogP contribution in [0.15, 0.2) is 0 Å². The van der Waals surface area contributed by atoms with E-state index in [4.69, 9.17) is 14.7 Å². The topological polar surface area (TPSA) is 42.2 Å². The molecule has 3 heteroatoms. The van der Waals surface area contributed by atoms with Gasteiger partial charge in [-0.3, -0.25) is 0 Å². The normalized spacial score (nSPS) is 27.9. The van der Waals surface area contributed by atoms with E-state index < -0.39 is 0 Å². The van der Waals surface area contributed by atoms with Crippen molar-refractivity contribution in [2.75, 3.05) is 27.4 Å². The molecule has 0 aromatic rings. The summed E-state index contributed by atoms with van der Waals surface area (Å²) in [5.74, 6) is 1.34. The molecule has 1 aliphatic carbocycles. The number of ether oxygens (including phenoxy) is 2. The lowest BCUT2D eigenvalue weighted by atomic mass is 9.86. The van der Waals surface area contributed by atoms with Crippen LogP contribution in [0.3, 0.4) is 0 Å². The maximum Gasteiger partial charge on any atom is 0.0621 e. The van der Waals surface area contributed by atoms with Crippen molar-refractivity contribution in [3.05, 3.63) is 0 Å². The van der Waals surface area contributed by atoms with Crippen LogP contribution in [-0.4, -0.2) is 27.4 Å². The molecule has 1 aliphatic rings. The monoisotopic (exact) mass is 225 g/mol. The average molecular weight is 225 g/mol.